The fourth-order valence-corrected chi connectivity index (χ4v) is 1.61. The first kappa shape index (κ1) is 15.8. The van der Waals surface area contributed by atoms with Crippen LogP contribution < -0.4 is 10.6 Å². The molecule has 106 valence electrons. The van der Waals surface area contributed by atoms with E-state index in [1.54, 1.807) is 19.1 Å². The van der Waals surface area contributed by atoms with Crippen LogP contribution in [0.1, 0.15) is 12.5 Å². The molecule has 0 bridgehead atoms. The van der Waals surface area contributed by atoms with Gasteiger partial charge in [0.1, 0.15) is 5.60 Å². The van der Waals surface area contributed by atoms with Gasteiger partial charge in [-0.25, -0.2) is 4.79 Å². The van der Waals surface area contributed by atoms with Gasteiger partial charge in [-0.1, -0.05) is 23.7 Å². The van der Waals surface area contributed by atoms with Gasteiger partial charge in [-0.15, -0.1) is 0 Å². The normalized spacial score (nSPS) is 13.7. The maximum Gasteiger partial charge on any atom is 0.315 e. The highest BCUT2D eigenvalue weighted by Gasteiger charge is 2.20. The summed E-state index contributed by atoms with van der Waals surface area (Å²) < 4.78 is 4.85. The number of aliphatic hydroxyl groups is 1. The number of amides is 2. The average molecular weight is 287 g/mol. The zero-order chi connectivity index (χ0) is 14.3. The molecule has 0 aliphatic heterocycles. The van der Waals surface area contributed by atoms with E-state index in [1.165, 1.54) is 7.11 Å². The van der Waals surface area contributed by atoms with E-state index in [0.29, 0.717) is 11.6 Å². The molecule has 1 aromatic carbocycles. The topological polar surface area (TPSA) is 70.6 Å². The second kappa shape index (κ2) is 7.33. The number of carbonyl (C=O) groups excluding carboxylic acids is 1. The molecule has 0 fully saturated rings. The molecule has 0 spiro atoms. The summed E-state index contributed by atoms with van der Waals surface area (Å²) in [5, 5.41) is 15.7. The fraction of sp³-hybridized carbons (Fsp3) is 0.462. The van der Waals surface area contributed by atoms with Gasteiger partial charge in [-0.2, -0.15) is 0 Å². The van der Waals surface area contributed by atoms with Crippen LogP contribution in [0.25, 0.3) is 0 Å². The van der Waals surface area contributed by atoms with E-state index < -0.39 is 5.60 Å². The standard InChI is InChI=1S/C13H19ClN2O3/c1-13(18,9-19-2)8-16-12(17)15-7-10-3-5-11(14)6-4-10/h3-6,18H,7-9H2,1-2H3,(H2,15,16,17). The van der Waals surface area contributed by atoms with Crippen molar-refractivity contribution < 1.29 is 14.6 Å². The molecule has 3 N–H and O–H groups in total. The number of hydrogen-bond acceptors (Lipinski definition) is 3. The van der Waals surface area contributed by atoms with Crippen molar-refractivity contribution in [2.24, 2.45) is 0 Å². The van der Waals surface area contributed by atoms with Gasteiger partial charge in [0.2, 0.25) is 0 Å². The fourth-order valence-electron chi connectivity index (χ4n) is 1.48. The Morgan fingerprint density at radius 1 is 1.37 bits per heavy atom. The predicted molar refractivity (Wildman–Crippen MR) is 74.2 cm³/mol. The predicted octanol–water partition coefficient (Wildman–Crippen LogP) is 1.54. The SMILES string of the molecule is COCC(C)(O)CNC(=O)NCc1ccc(Cl)cc1. The van der Waals surface area contributed by atoms with Gasteiger partial charge in [0.05, 0.1) is 13.2 Å². The Hall–Kier alpha value is -1.30. The van der Waals surface area contributed by atoms with Gasteiger partial charge in [-0.3, -0.25) is 0 Å². The number of rotatable bonds is 6. The van der Waals surface area contributed by atoms with E-state index in [2.05, 4.69) is 10.6 Å². The van der Waals surface area contributed by atoms with Gasteiger partial charge in [0, 0.05) is 18.7 Å². The largest absolute Gasteiger partial charge is 0.386 e. The van der Waals surface area contributed by atoms with Crippen molar-refractivity contribution >= 4 is 17.6 Å². The molecule has 1 atom stereocenters. The van der Waals surface area contributed by atoms with Crippen molar-refractivity contribution in [1.82, 2.24) is 10.6 Å². The number of methoxy groups -OCH3 is 1. The molecule has 0 saturated heterocycles. The highest BCUT2D eigenvalue weighted by Crippen LogP contribution is 2.09. The minimum absolute atomic E-state index is 0.118. The van der Waals surface area contributed by atoms with Crippen LogP contribution in [0.15, 0.2) is 24.3 Å². The van der Waals surface area contributed by atoms with E-state index in [0.717, 1.165) is 5.56 Å². The van der Waals surface area contributed by atoms with Crippen LogP contribution in [0.4, 0.5) is 4.79 Å². The number of nitrogens with one attached hydrogen (secondary N) is 2. The molecule has 0 aliphatic carbocycles. The molecule has 6 heteroatoms. The summed E-state index contributed by atoms with van der Waals surface area (Å²) in [6, 6.07) is 6.86. The average Bonchev–Trinajstić information content (AvgIpc) is 2.36. The number of urea groups is 1. The summed E-state index contributed by atoms with van der Waals surface area (Å²) in [5.41, 5.74) is -0.130. The molecule has 2 amide bonds. The zero-order valence-corrected chi connectivity index (χ0v) is 11.8. The maximum atomic E-state index is 11.5. The summed E-state index contributed by atoms with van der Waals surface area (Å²) in [4.78, 5) is 11.5. The van der Waals surface area contributed by atoms with E-state index >= 15 is 0 Å². The summed E-state index contributed by atoms with van der Waals surface area (Å²) in [5.74, 6) is 0. The second-order valence-corrected chi connectivity index (χ2v) is 5.03. The molecule has 0 heterocycles. The zero-order valence-electron chi connectivity index (χ0n) is 11.1. The first-order valence-electron chi connectivity index (χ1n) is 5.90. The van der Waals surface area contributed by atoms with Crippen LogP contribution in [0.5, 0.6) is 0 Å². The van der Waals surface area contributed by atoms with Crippen LogP contribution in [-0.4, -0.2) is 37.0 Å². The first-order valence-corrected chi connectivity index (χ1v) is 6.28. The summed E-state index contributed by atoms with van der Waals surface area (Å²) >= 11 is 5.76. The first-order chi connectivity index (χ1) is 8.93. The third-order valence-electron chi connectivity index (χ3n) is 2.45. The van der Waals surface area contributed by atoms with Crippen LogP contribution in [0.2, 0.25) is 5.02 Å². The van der Waals surface area contributed by atoms with Crippen molar-refractivity contribution in [1.29, 1.82) is 0 Å². The summed E-state index contributed by atoms with van der Waals surface area (Å²) in [6.45, 7) is 2.27. The maximum absolute atomic E-state index is 11.5. The van der Waals surface area contributed by atoms with Crippen LogP contribution in [0, 0.1) is 0 Å². The van der Waals surface area contributed by atoms with Gasteiger partial charge < -0.3 is 20.5 Å². The molecule has 0 aromatic heterocycles. The molecule has 0 radical (unpaired) electrons. The quantitative estimate of drug-likeness (QED) is 0.743. The van der Waals surface area contributed by atoms with Crippen LogP contribution >= 0.6 is 11.6 Å². The Balaban J connectivity index is 2.30. The molecule has 1 unspecified atom stereocenters. The molecule has 1 rings (SSSR count). The molecular weight excluding hydrogens is 268 g/mol. The molecule has 0 saturated carbocycles. The van der Waals surface area contributed by atoms with E-state index in [-0.39, 0.29) is 19.2 Å². The monoisotopic (exact) mass is 286 g/mol. The summed E-state index contributed by atoms with van der Waals surface area (Å²) in [7, 11) is 1.50. The minimum Gasteiger partial charge on any atom is -0.386 e. The molecule has 0 aliphatic rings. The lowest BCUT2D eigenvalue weighted by molar-refractivity contribution is -0.0136. The summed E-state index contributed by atoms with van der Waals surface area (Å²) in [6.07, 6.45) is 0. The molecule has 19 heavy (non-hydrogen) atoms. The van der Waals surface area contributed by atoms with Gasteiger partial charge in [0.15, 0.2) is 0 Å². The number of carbonyl (C=O) groups is 1. The lowest BCUT2D eigenvalue weighted by atomic mass is 10.1. The molecular formula is C13H19ClN2O3. The lowest BCUT2D eigenvalue weighted by Crippen LogP contribution is -2.46. The highest BCUT2D eigenvalue weighted by atomic mass is 35.5. The Kier molecular flexibility index (Phi) is 6.08. The lowest BCUT2D eigenvalue weighted by Gasteiger charge is -2.22. The van der Waals surface area contributed by atoms with Crippen molar-refractivity contribution in [3.05, 3.63) is 34.9 Å². The van der Waals surface area contributed by atoms with Crippen molar-refractivity contribution in [3.8, 4) is 0 Å². The number of hydrogen-bond donors (Lipinski definition) is 3. The number of ether oxygens (including phenoxy) is 1. The number of halogens is 1. The van der Waals surface area contributed by atoms with E-state index in [4.69, 9.17) is 16.3 Å². The van der Waals surface area contributed by atoms with E-state index in [9.17, 15) is 9.90 Å². The van der Waals surface area contributed by atoms with Crippen LogP contribution in [0.3, 0.4) is 0 Å². The van der Waals surface area contributed by atoms with Crippen molar-refractivity contribution in [2.45, 2.75) is 19.1 Å². The second-order valence-electron chi connectivity index (χ2n) is 4.59. The Morgan fingerprint density at radius 3 is 2.58 bits per heavy atom. The third-order valence-corrected chi connectivity index (χ3v) is 2.70. The molecule has 5 nitrogen and oxygen atoms in total. The smallest absolute Gasteiger partial charge is 0.315 e. The van der Waals surface area contributed by atoms with Crippen molar-refractivity contribution in [3.63, 3.8) is 0 Å². The highest BCUT2D eigenvalue weighted by molar-refractivity contribution is 6.30. The van der Waals surface area contributed by atoms with E-state index in [1.807, 2.05) is 12.1 Å². The third kappa shape index (κ3) is 6.42. The Bertz CT molecular complexity index is 407. The van der Waals surface area contributed by atoms with Gasteiger partial charge >= 0.3 is 6.03 Å². The molecule has 1 aromatic rings. The van der Waals surface area contributed by atoms with Crippen LogP contribution in [-0.2, 0) is 11.3 Å². The van der Waals surface area contributed by atoms with Gasteiger partial charge in [-0.05, 0) is 24.6 Å². The van der Waals surface area contributed by atoms with Gasteiger partial charge in [0.25, 0.3) is 0 Å². The Labute approximate surface area is 117 Å². The van der Waals surface area contributed by atoms with Crippen molar-refractivity contribution in [2.75, 3.05) is 20.3 Å². The minimum atomic E-state index is -1.08. The number of benzene rings is 1. The Morgan fingerprint density at radius 2 is 2.00 bits per heavy atom.